The molecule has 2 nitrogen and oxygen atoms in total. The van der Waals surface area contributed by atoms with Crippen LogP contribution in [0.5, 0.6) is 0 Å². The summed E-state index contributed by atoms with van der Waals surface area (Å²) in [7, 11) is 2.01. The van der Waals surface area contributed by atoms with Crippen LogP contribution >= 0.6 is 11.8 Å². The molecule has 0 saturated carbocycles. The van der Waals surface area contributed by atoms with Gasteiger partial charge >= 0.3 is 0 Å². The van der Waals surface area contributed by atoms with Gasteiger partial charge in [0.05, 0.1) is 0 Å². The van der Waals surface area contributed by atoms with E-state index in [2.05, 4.69) is 18.1 Å². The molecule has 0 radical (unpaired) electrons. The summed E-state index contributed by atoms with van der Waals surface area (Å²) in [6.07, 6.45) is 2.08. The number of nitrogens with zero attached hydrogens (tertiary/aromatic N) is 1. The number of benzene rings is 1. The third-order valence-electron chi connectivity index (χ3n) is 2.66. The van der Waals surface area contributed by atoms with Gasteiger partial charge in [-0.1, -0.05) is 6.07 Å². The van der Waals surface area contributed by atoms with Crippen LogP contribution in [0.2, 0.25) is 0 Å². The van der Waals surface area contributed by atoms with Crippen molar-refractivity contribution in [1.82, 2.24) is 4.90 Å². The fourth-order valence-corrected chi connectivity index (χ4v) is 2.22. The number of nitrogens with two attached hydrogens (primary N) is 1. The van der Waals surface area contributed by atoms with E-state index in [9.17, 15) is 4.39 Å². The molecule has 0 saturated heterocycles. The molecule has 1 atom stereocenters. The van der Waals surface area contributed by atoms with E-state index in [0.29, 0.717) is 23.8 Å². The zero-order valence-corrected chi connectivity index (χ0v) is 10.9. The molecular formula is C12H19FN2S. The van der Waals surface area contributed by atoms with Crippen molar-refractivity contribution in [1.29, 1.82) is 0 Å². The van der Waals surface area contributed by atoms with Gasteiger partial charge in [-0.05, 0) is 32.4 Å². The van der Waals surface area contributed by atoms with Crippen LogP contribution in [-0.4, -0.2) is 30.0 Å². The zero-order chi connectivity index (χ0) is 12.1. The molecule has 2 N–H and O–H groups in total. The molecule has 0 aliphatic heterocycles. The molecular weight excluding hydrogens is 223 g/mol. The first-order valence-electron chi connectivity index (χ1n) is 5.27. The van der Waals surface area contributed by atoms with E-state index < -0.39 is 0 Å². The van der Waals surface area contributed by atoms with Gasteiger partial charge in [0.2, 0.25) is 0 Å². The van der Waals surface area contributed by atoms with Crippen LogP contribution in [0.1, 0.15) is 12.5 Å². The molecule has 90 valence electrons. The third-order valence-corrected chi connectivity index (χ3v) is 3.47. The number of hydrogen-bond donors (Lipinski definition) is 1. The van der Waals surface area contributed by atoms with Gasteiger partial charge in [-0.15, -0.1) is 0 Å². The van der Waals surface area contributed by atoms with Crippen molar-refractivity contribution in [3.8, 4) is 0 Å². The molecule has 0 fully saturated rings. The van der Waals surface area contributed by atoms with Crippen molar-refractivity contribution in [2.75, 3.05) is 24.8 Å². The lowest BCUT2D eigenvalue weighted by atomic mass is 10.1. The number of halogens is 1. The van der Waals surface area contributed by atoms with Crippen LogP contribution in [0.15, 0.2) is 18.2 Å². The normalized spacial score (nSPS) is 13.1. The highest BCUT2D eigenvalue weighted by Crippen LogP contribution is 2.15. The fraction of sp³-hybridized carbons (Fsp3) is 0.500. The lowest BCUT2D eigenvalue weighted by Crippen LogP contribution is -2.30. The van der Waals surface area contributed by atoms with Crippen LogP contribution in [0, 0.1) is 5.82 Å². The molecule has 1 aromatic rings. The summed E-state index contributed by atoms with van der Waals surface area (Å²) in [6, 6.07) is 5.31. The van der Waals surface area contributed by atoms with Crippen molar-refractivity contribution in [2.45, 2.75) is 19.5 Å². The molecule has 1 aromatic carbocycles. The Hall–Kier alpha value is -0.740. The Morgan fingerprint density at radius 3 is 2.75 bits per heavy atom. The maximum atomic E-state index is 13.5. The molecule has 0 amide bonds. The second-order valence-corrected chi connectivity index (χ2v) is 4.98. The van der Waals surface area contributed by atoms with Crippen LogP contribution in [-0.2, 0) is 6.54 Å². The second kappa shape index (κ2) is 6.11. The Morgan fingerprint density at radius 2 is 2.19 bits per heavy atom. The van der Waals surface area contributed by atoms with Crippen LogP contribution in [0.25, 0.3) is 0 Å². The van der Waals surface area contributed by atoms with E-state index in [4.69, 9.17) is 5.73 Å². The number of rotatable bonds is 5. The Balaban J connectivity index is 2.65. The van der Waals surface area contributed by atoms with Gasteiger partial charge in [-0.2, -0.15) is 11.8 Å². The highest BCUT2D eigenvalue weighted by atomic mass is 32.2. The highest BCUT2D eigenvalue weighted by molar-refractivity contribution is 7.98. The summed E-state index contributed by atoms with van der Waals surface area (Å²) in [5.74, 6) is 0.829. The molecule has 1 unspecified atom stereocenters. The number of thioether (sulfide) groups is 1. The third kappa shape index (κ3) is 3.68. The minimum Gasteiger partial charge on any atom is -0.399 e. The Bertz CT molecular complexity index is 344. The first-order chi connectivity index (χ1) is 7.54. The smallest absolute Gasteiger partial charge is 0.129 e. The highest BCUT2D eigenvalue weighted by Gasteiger charge is 2.11. The number of nitrogen functional groups attached to an aromatic ring is 1. The van der Waals surface area contributed by atoms with Gasteiger partial charge in [0, 0.05) is 29.6 Å². The lowest BCUT2D eigenvalue weighted by molar-refractivity contribution is 0.266. The predicted octanol–water partition coefficient (Wildman–Crippen LogP) is 2.59. The maximum Gasteiger partial charge on any atom is 0.129 e. The summed E-state index contributed by atoms with van der Waals surface area (Å²) in [5, 5.41) is 0. The van der Waals surface area contributed by atoms with E-state index in [0.717, 1.165) is 5.75 Å². The minimum atomic E-state index is -0.219. The molecule has 4 heteroatoms. The predicted molar refractivity (Wildman–Crippen MR) is 70.1 cm³/mol. The number of anilines is 1. The molecule has 0 aliphatic carbocycles. The standard InChI is InChI=1S/C12H19FN2S/c1-9(8-16-3)15(2)7-10-4-5-11(14)6-12(10)13/h4-6,9H,7-8,14H2,1-3H3. The molecule has 1 rings (SSSR count). The van der Waals surface area contributed by atoms with Crippen LogP contribution in [0.4, 0.5) is 10.1 Å². The summed E-state index contributed by atoms with van der Waals surface area (Å²) >= 11 is 1.80. The average molecular weight is 242 g/mol. The zero-order valence-electron chi connectivity index (χ0n) is 10.0. The monoisotopic (exact) mass is 242 g/mol. The van der Waals surface area contributed by atoms with Crippen molar-refractivity contribution < 1.29 is 4.39 Å². The van der Waals surface area contributed by atoms with E-state index in [1.54, 1.807) is 23.9 Å². The Kier molecular flexibility index (Phi) is 5.09. The topological polar surface area (TPSA) is 29.3 Å². The van der Waals surface area contributed by atoms with Gasteiger partial charge in [0.25, 0.3) is 0 Å². The van der Waals surface area contributed by atoms with E-state index in [1.807, 2.05) is 7.05 Å². The molecule has 16 heavy (non-hydrogen) atoms. The Morgan fingerprint density at radius 1 is 1.50 bits per heavy atom. The van der Waals surface area contributed by atoms with Gasteiger partial charge in [-0.25, -0.2) is 4.39 Å². The van der Waals surface area contributed by atoms with E-state index in [1.165, 1.54) is 6.07 Å². The molecule has 0 bridgehead atoms. The number of hydrogen-bond acceptors (Lipinski definition) is 3. The largest absolute Gasteiger partial charge is 0.399 e. The van der Waals surface area contributed by atoms with Crippen LogP contribution < -0.4 is 5.73 Å². The van der Waals surface area contributed by atoms with Crippen molar-refractivity contribution in [3.63, 3.8) is 0 Å². The van der Waals surface area contributed by atoms with Gasteiger partial charge in [0.1, 0.15) is 5.82 Å². The molecule has 0 aromatic heterocycles. The lowest BCUT2D eigenvalue weighted by Gasteiger charge is -2.24. The van der Waals surface area contributed by atoms with E-state index in [-0.39, 0.29) is 5.82 Å². The van der Waals surface area contributed by atoms with Gasteiger partial charge < -0.3 is 5.73 Å². The Labute approximate surface area is 101 Å². The first kappa shape index (κ1) is 13.3. The average Bonchev–Trinajstić information content (AvgIpc) is 2.22. The quantitative estimate of drug-likeness (QED) is 0.805. The summed E-state index contributed by atoms with van der Waals surface area (Å²) in [5.41, 5.74) is 6.68. The molecule has 0 spiro atoms. The maximum absolute atomic E-state index is 13.5. The first-order valence-corrected chi connectivity index (χ1v) is 6.67. The minimum absolute atomic E-state index is 0.219. The molecule has 0 heterocycles. The SMILES string of the molecule is CSCC(C)N(C)Cc1ccc(N)cc1F. The van der Waals surface area contributed by atoms with Crippen LogP contribution in [0.3, 0.4) is 0 Å². The summed E-state index contributed by atoms with van der Waals surface area (Å²) in [4.78, 5) is 2.14. The summed E-state index contributed by atoms with van der Waals surface area (Å²) in [6.45, 7) is 2.76. The molecule has 0 aliphatic rings. The van der Waals surface area contributed by atoms with Gasteiger partial charge in [-0.3, -0.25) is 4.90 Å². The second-order valence-electron chi connectivity index (χ2n) is 4.07. The van der Waals surface area contributed by atoms with Crippen molar-refractivity contribution in [3.05, 3.63) is 29.6 Å². The van der Waals surface area contributed by atoms with Gasteiger partial charge in [0.15, 0.2) is 0 Å². The summed E-state index contributed by atoms with van der Waals surface area (Å²) < 4.78 is 13.5. The van der Waals surface area contributed by atoms with E-state index >= 15 is 0 Å². The van der Waals surface area contributed by atoms with Crippen molar-refractivity contribution >= 4 is 17.4 Å². The van der Waals surface area contributed by atoms with Crippen molar-refractivity contribution in [2.24, 2.45) is 0 Å². The fourth-order valence-electron chi connectivity index (χ4n) is 1.48.